The summed E-state index contributed by atoms with van der Waals surface area (Å²) in [5, 5.41) is 0. The largest absolute Gasteiger partial charge is 0.494 e. The molecule has 1 unspecified atom stereocenters. The molecule has 0 radical (unpaired) electrons. The van der Waals surface area contributed by atoms with Gasteiger partial charge in [-0.05, 0) is 62.3 Å². The standard InChI is InChI=1S/C20H32O2/c1-5-12-22-19-14-16(3)13-18(15-19)10-8-7-9-11-20(21)17(4)6-2/h13-15,17H,5-12H2,1-4H3. The zero-order valence-electron chi connectivity index (χ0n) is 14.8. The van der Waals surface area contributed by atoms with Gasteiger partial charge in [0.1, 0.15) is 11.5 Å². The lowest BCUT2D eigenvalue weighted by Crippen LogP contribution is -2.09. The van der Waals surface area contributed by atoms with E-state index in [0.717, 1.165) is 57.3 Å². The highest BCUT2D eigenvalue weighted by molar-refractivity contribution is 5.80. The second-order valence-electron chi connectivity index (χ2n) is 6.34. The number of ketones is 1. The molecule has 0 N–H and O–H groups in total. The molecule has 0 aliphatic carbocycles. The van der Waals surface area contributed by atoms with Gasteiger partial charge in [-0.3, -0.25) is 4.79 Å². The molecule has 1 aromatic carbocycles. The summed E-state index contributed by atoms with van der Waals surface area (Å²) in [6, 6.07) is 6.50. The molecule has 2 heteroatoms. The van der Waals surface area contributed by atoms with E-state index in [1.807, 2.05) is 6.92 Å². The van der Waals surface area contributed by atoms with Crippen molar-refractivity contribution < 1.29 is 9.53 Å². The molecule has 0 saturated heterocycles. The first-order chi connectivity index (χ1) is 10.6. The summed E-state index contributed by atoms with van der Waals surface area (Å²) < 4.78 is 5.73. The first-order valence-electron chi connectivity index (χ1n) is 8.82. The number of benzene rings is 1. The van der Waals surface area contributed by atoms with Gasteiger partial charge in [0.25, 0.3) is 0 Å². The number of unbranched alkanes of at least 4 members (excludes halogenated alkanes) is 2. The van der Waals surface area contributed by atoms with Crippen LogP contribution in [0.2, 0.25) is 0 Å². The molecular formula is C20H32O2. The minimum Gasteiger partial charge on any atom is -0.494 e. The van der Waals surface area contributed by atoms with Crippen LogP contribution in [0.5, 0.6) is 5.75 Å². The van der Waals surface area contributed by atoms with Crippen molar-refractivity contribution in [1.82, 2.24) is 0 Å². The Bertz CT molecular complexity index is 451. The van der Waals surface area contributed by atoms with Crippen LogP contribution in [0.3, 0.4) is 0 Å². The van der Waals surface area contributed by atoms with Crippen molar-refractivity contribution in [3.63, 3.8) is 0 Å². The second kappa shape index (κ2) is 10.4. The molecule has 0 amide bonds. The Morgan fingerprint density at radius 3 is 2.59 bits per heavy atom. The van der Waals surface area contributed by atoms with Crippen molar-refractivity contribution in [3.05, 3.63) is 29.3 Å². The van der Waals surface area contributed by atoms with Crippen molar-refractivity contribution in [1.29, 1.82) is 0 Å². The smallest absolute Gasteiger partial charge is 0.135 e. The lowest BCUT2D eigenvalue weighted by atomic mass is 9.97. The molecule has 22 heavy (non-hydrogen) atoms. The Labute approximate surface area is 136 Å². The third-order valence-corrected chi connectivity index (χ3v) is 4.13. The fourth-order valence-corrected chi connectivity index (χ4v) is 2.55. The monoisotopic (exact) mass is 304 g/mol. The van der Waals surface area contributed by atoms with Crippen LogP contribution in [0, 0.1) is 12.8 Å². The molecule has 0 bridgehead atoms. The van der Waals surface area contributed by atoms with E-state index in [2.05, 4.69) is 39.0 Å². The van der Waals surface area contributed by atoms with E-state index in [9.17, 15) is 4.79 Å². The maximum absolute atomic E-state index is 11.8. The number of rotatable bonds is 11. The molecule has 0 heterocycles. The number of ether oxygens (including phenoxy) is 1. The van der Waals surface area contributed by atoms with Crippen LogP contribution in [0.4, 0.5) is 0 Å². The average molecular weight is 304 g/mol. The Kier molecular flexibility index (Phi) is 8.88. The lowest BCUT2D eigenvalue weighted by Gasteiger charge is -2.09. The topological polar surface area (TPSA) is 26.3 Å². The number of hydrogen-bond donors (Lipinski definition) is 0. The van der Waals surface area contributed by atoms with Gasteiger partial charge in [-0.1, -0.05) is 33.3 Å². The summed E-state index contributed by atoms with van der Waals surface area (Å²) >= 11 is 0. The van der Waals surface area contributed by atoms with E-state index in [1.165, 1.54) is 11.1 Å². The normalized spacial score (nSPS) is 12.2. The Morgan fingerprint density at radius 2 is 1.91 bits per heavy atom. The highest BCUT2D eigenvalue weighted by Crippen LogP contribution is 2.19. The van der Waals surface area contributed by atoms with Gasteiger partial charge >= 0.3 is 0 Å². The highest BCUT2D eigenvalue weighted by atomic mass is 16.5. The molecule has 124 valence electrons. The highest BCUT2D eigenvalue weighted by Gasteiger charge is 2.09. The maximum atomic E-state index is 11.8. The lowest BCUT2D eigenvalue weighted by molar-refractivity contribution is -0.122. The van der Waals surface area contributed by atoms with E-state index in [1.54, 1.807) is 0 Å². The van der Waals surface area contributed by atoms with Crippen LogP contribution in [0.15, 0.2) is 18.2 Å². The van der Waals surface area contributed by atoms with Gasteiger partial charge in [-0.15, -0.1) is 0 Å². The van der Waals surface area contributed by atoms with Crippen LogP contribution in [-0.4, -0.2) is 12.4 Å². The van der Waals surface area contributed by atoms with Crippen molar-refractivity contribution in [2.24, 2.45) is 5.92 Å². The molecule has 0 spiro atoms. The van der Waals surface area contributed by atoms with Crippen molar-refractivity contribution >= 4 is 5.78 Å². The second-order valence-corrected chi connectivity index (χ2v) is 6.34. The van der Waals surface area contributed by atoms with Crippen molar-refractivity contribution in [2.45, 2.75) is 72.6 Å². The predicted octanol–water partition coefficient (Wildman–Crippen LogP) is 5.50. The Balaban J connectivity index is 2.32. The number of Topliss-reactive ketones (excluding diaryl/α,β-unsaturated/α-hetero) is 1. The molecule has 1 rings (SSSR count). The van der Waals surface area contributed by atoms with E-state index in [4.69, 9.17) is 4.74 Å². The molecule has 0 aromatic heterocycles. The summed E-state index contributed by atoms with van der Waals surface area (Å²) in [4.78, 5) is 11.8. The first-order valence-corrected chi connectivity index (χ1v) is 8.82. The van der Waals surface area contributed by atoms with Crippen LogP contribution in [0.25, 0.3) is 0 Å². The summed E-state index contributed by atoms with van der Waals surface area (Å²) in [5.41, 5.74) is 2.61. The molecule has 1 atom stereocenters. The molecule has 0 aliphatic rings. The molecule has 0 saturated carbocycles. The predicted molar refractivity (Wildman–Crippen MR) is 93.6 cm³/mol. The quantitative estimate of drug-likeness (QED) is 0.504. The average Bonchev–Trinajstić information content (AvgIpc) is 2.51. The van der Waals surface area contributed by atoms with E-state index in [0.29, 0.717) is 5.78 Å². The van der Waals surface area contributed by atoms with Gasteiger partial charge in [0.05, 0.1) is 6.61 Å². The molecule has 0 fully saturated rings. The third-order valence-electron chi connectivity index (χ3n) is 4.13. The fourth-order valence-electron chi connectivity index (χ4n) is 2.55. The fraction of sp³-hybridized carbons (Fsp3) is 0.650. The van der Waals surface area contributed by atoms with Crippen LogP contribution in [0.1, 0.15) is 70.4 Å². The van der Waals surface area contributed by atoms with Gasteiger partial charge in [-0.2, -0.15) is 0 Å². The van der Waals surface area contributed by atoms with Crippen molar-refractivity contribution in [2.75, 3.05) is 6.61 Å². The van der Waals surface area contributed by atoms with Crippen LogP contribution < -0.4 is 4.74 Å². The van der Waals surface area contributed by atoms with Crippen molar-refractivity contribution in [3.8, 4) is 5.75 Å². The molecular weight excluding hydrogens is 272 g/mol. The third kappa shape index (κ3) is 7.11. The molecule has 0 aliphatic heterocycles. The summed E-state index contributed by atoms with van der Waals surface area (Å²) in [7, 11) is 0. The van der Waals surface area contributed by atoms with Gasteiger partial charge < -0.3 is 4.74 Å². The van der Waals surface area contributed by atoms with Gasteiger partial charge in [0, 0.05) is 12.3 Å². The summed E-state index contributed by atoms with van der Waals surface area (Å²) in [6.45, 7) is 9.14. The van der Waals surface area contributed by atoms with Crippen LogP contribution in [-0.2, 0) is 11.2 Å². The van der Waals surface area contributed by atoms with E-state index in [-0.39, 0.29) is 5.92 Å². The maximum Gasteiger partial charge on any atom is 0.135 e. The van der Waals surface area contributed by atoms with Crippen LogP contribution >= 0.6 is 0 Å². The number of aryl methyl sites for hydroxylation is 2. The minimum absolute atomic E-state index is 0.232. The Morgan fingerprint density at radius 1 is 1.14 bits per heavy atom. The number of carbonyl (C=O) groups excluding carboxylic acids is 1. The number of carbonyl (C=O) groups is 1. The zero-order chi connectivity index (χ0) is 16.4. The van der Waals surface area contributed by atoms with Gasteiger partial charge in [0.15, 0.2) is 0 Å². The van der Waals surface area contributed by atoms with E-state index < -0.39 is 0 Å². The molecule has 2 nitrogen and oxygen atoms in total. The number of hydrogen-bond acceptors (Lipinski definition) is 2. The minimum atomic E-state index is 0.232. The van der Waals surface area contributed by atoms with Gasteiger partial charge in [0.2, 0.25) is 0 Å². The SMILES string of the molecule is CCCOc1cc(C)cc(CCCCCC(=O)C(C)CC)c1. The molecule has 1 aromatic rings. The first kappa shape index (κ1) is 18.7. The van der Waals surface area contributed by atoms with Gasteiger partial charge in [-0.25, -0.2) is 0 Å². The Hall–Kier alpha value is -1.31. The summed E-state index contributed by atoms with van der Waals surface area (Å²) in [5.74, 6) is 1.65. The van der Waals surface area contributed by atoms with E-state index >= 15 is 0 Å². The zero-order valence-corrected chi connectivity index (χ0v) is 14.8. The summed E-state index contributed by atoms with van der Waals surface area (Å²) in [6.07, 6.45) is 7.10.